The summed E-state index contributed by atoms with van der Waals surface area (Å²) in [5.74, 6) is -1.32. The second kappa shape index (κ2) is 5.72. The number of rotatable bonds is 2. The molecule has 0 spiro atoms. The van der Waals surface area contributed by atoms with E-state index in [4.69, 9.17) is 11.6 Å². The van der Waals surface area contributed by atoms with Gasteiger partial charge < -0.3 is 0 Å². The van der Waals surface area contributed by atoms with Gasteiger partial charge in [-0.25, -0.2) is 0 Å². The number of nitrogens with zero attached hydrogens (tertiary/aromatic N) is 1. The van der Waals surface area contributed by atoms with E-state index in [2.05, 4.69) is 12.3 Å². The number of imide groups is 1. The SMILES string of the molecule is C[C@H]1CC[C@@H]2C(=O)N(NC(=O)c3ccccc3Cl)C(=O)[C@@H]2C1. The molecule has 3 atom stereocenters. The number of nitrogens with one attached hydrogen (secondary N) is 1. The number of hydrogen-bond acceptors (Lipinski definition) is 3. The van der Waals surface area contributed by atoms with E-state index < -0.39 is 5.91 Å². The zero-order valence-corrected chi connectivity index (χ0v) is 13.0. The lowest BCUT2D eigenvalue weighted by Gasteiger charge is -2.25. The van der Waals surface area contributed by atoms with Crippen LogP contribution in [-0.4, -0.2) is 22.7 Å². The largest absolute Gasteiger partial charge is 0.272 e. The van der Waals surface area contributed by atoms with Gasteiger partial charge in [-0.05, 0) is 37.3 Å². The molecule has 1 aliphatic heterocycles. The Labute approximate surface area is 133 Å². The average Bonchev–Trinajstić information content (AvgIpc) is 2.72. The first-order valence-electron chi connectivity index (χ1n) is 7.42. The van der Waals surface area contributed by atoms with Crippen molar-refractivity contribution < 1.29 is 14.4 Å². The molecule has 22 heavy (non-hydrogen) atoms. The minimum absolute atomic E-state index is 0.244. The van der Waals surface area contributed by atoms with Crippen molar-refractivity contribution >= 4 is 29.3 Å². The van der Waals surface area contributed by atoms with E-state index >= 15 is 0 Å². The van der Waals surface area contributed by atoms with Gasteiger partial charge in [0.15, 0.2) is 0 Å². The molecule has 5 nitrogen and oxygen atoms in total. The zero-order valence-electron chi connectivity index (χ0n) is 12.2. The molecule has 3 amide bonds. The predicted octanol–water partition coefficient (Wildman–Crippen LogP) is 2.41. The summed E-state index contributed by atoms with van der Waals surface area (Å²) in [6, 6.07) is 6.53. The molecule has 1 heterocycles. The maximum atomic E-state index is 12.4. The summed E-state index contributed by atoms with van der Waals surface area (Å²) in [5, 5.41) is 1.17. The van der Waals surface area contributed by atoms with E-state index in [0.29, 0.717) is 18.8 Å². The normalized spacial score (nSPS) is 27.7. The van der Waals surface area contributed by atoms with Crippen LogP contribution in [0.2, 0.25) is 5.02 Å². The molecule has 1 aromatic carbocycles. The van der Waals surface area contributed by atoms with Crippen molar-refractivity contribution in [3.8, 4) is 0 Å². The number of hydrogen-bond donors (Lipinski definition) is 1. The van der Waals surface area contributed by atoms with Crippen molar-refractivity contribution in [1.82, 2.24) is 10.4 Å². The lowest BCUT2D eigenvalue weighted by Crippen LogP contribution is -2.46. The number of amides is 3. The molecule has 1 aliphatic carbocycles. The number of benzene rings is 1. The molecule has 3 rings (SSSR count). The maximum Gasteiger partial charge on any atom is 0.271 e. The van der Waals surface area contributed by atoms with Gasteiger partial charge in [-0.1, -0.05) is 30.7 Å². The fourth-order valence-corrected chi connectivity index (χ4v) is 3.53. The van der Waals surface area contributed by atoms with Crippen molar-refractivity contribution in [3.63, 3.8) is 0 Å². The van der Waals surface area contributed by atoms with E-state index in [0.717, 1.165) is 11.4 Å². The fraction of sp³-hybridized carbons (Fsp3) is 0.438. The molecule has 1 N–H and O–H groups in total. The molecule has 0 aromatic heterocycles. The molecule has 116 valence electrons. The second-order valence-corrected chi connectivity index (χ2v) is 6.47. The Balaban J connectivity index is 1.78. The van der Waals surface area contributed by atoms with Gasteiger partial charge in [0.1, 0.15) is 0 Å². The highest BCUT2D eigenvalue weighted by Crippen LogP contribution is 2.39. The van der Waals surface area contributed by atoms with E-state index in [-0.39, 0.29) is 34.2 Å². The third-order valence-electron chi connectivity index (χ3n) is 4.52. The number of hydrazine groups is 1. The molecular formula is C16H17ClN2O3. The molecule has 1 saturated heterocycles. The monoisotopic (exact) mass is 320 g/mol. The minimum atomic E-state index is -0.543. The zero-order chi connectivity index (χ0) is 15.9. The highest BCUT2D eigenvalue weighted by Gasteiger charge is 2.50. The Bertz CT molecular complexity index is 646. The molecule has 2 aliphatic rings. The highest BCUT2D eigenvalue weighted by atomic mass is 35.5. The Morgan fingerprint density at radius 3 is 2.59 bits per heavy atom. The van der Waals surface area contributed by atoms with Crippen LogP contribution in [0.4, 0.5) is 0 Å². The van der Waals surface area contributed by atoms with Crippen LogP contribution in [0.1, 0.15) is 36.5 Å². The fourth-order valence-electron chi connectivity index (χ4n) is 3.31. The molecule has 6 heteroatoms. The van der Waals surface area contributed by atoms with Crippen LogP contribution >= 0.6 is 11.6 Å². The highest BCUT2D eigenvalue weighted by molar-refractivity contribution is 6.33. The molecular weight excluding hydrogens is 304 g/mol. The van der Waals surface area contributed by atoms with Crippen molar-refractivity contribution in [2.45, 2.75) is 26.2 Å². The second-order valence-electron chi connectivity index (χ2n) is 6.06. The maximum absolute atomic E-state index is 12.4. The summed E-state index contributed by atoms with van der Waals surface area (Å²) in [4.78, 5) is 37.0. The van der Waals surface area contributed by atoms with Gasteiger partial charge in [0.05, 0.1) is 22.4 Å². The third kappa shape index (κ3) is 2.50. The van der Waals surface area contributed by atoms with Crippen molar-refractivity contribution in [2.75, 3.05) is 0 Å². The van der Waals surface area contributed by atoms with Crippen LogP contribution in [0.3, 0.4) is 0 Å². The summed E-state index contributed by atoms with van der Waals surface area (Å²) < 4.78 is 0. The smallest absolute Gasteiger partial charge is 0.271 e. The molecule has 0 radical (unpaired) electrons. The van der Waals surface area contributed by atoms with E-state index in [1.54, 1.807) is 24.3 Å². The third-order valence-corrected chi connectivity index (χ3v) is 4.85. The van der Waals surface area contributed by atoms with Gasteiger partial charge in [0, 0.05) is 0 Å². The molecule has 1 aromatic rings. The van der Waals surface area contributed by atoms with E-state index in [9.17, 15) is 14.4 Å². The molecule has 0 bridgehead atoms. The van der Waals surface area contributed by atoms with Gasteiger partial charge >= 0.3 is 0 Å². The van der Waals surface area contributed by atoms with Crippen LogP contribution in [-0.2, 0) is 9.59 Å². The average molecular weight is 321 g/mol. The van der Waals surface area contributed by atoms with Crippen molar-refractivity contribution in [3.05, 3.63) is 34.9 Å². The topological polar surface area (TPSA) is 66.5 Å². The number of carbonyl (C=O) groups excluding carboxylic acids is 3. The van der Waals surface area contributed by atoms with E-state index in [1.165, 1.54) is 0 Å². The Kier molecular flexibility index (Phi) is 3.91. The Morgan fingerprint density at radius 2 is 1.86 bits per heavy atom. The first kappa shape index (κ1) is 15.0. The van der Waals surface area contributed by atoms with Crippen LogP contribution in [0.15, 0.2) is 24.3 Å². The number of halogens is 1. The van der Waals surface area contributed by atoms with Crippen LogP contribution in [0.5, 0.6) is 0 Å². The first-order chi connectivity index (χ1) is 10.5. The summed E-state index contributed by atoms with van der Waals surface area (Å²) >= 11 is 5.97. The lowest BCUT2D eigenvalue weighted by molar-refractivity contribution is -0.142. The van der Waals surface area contributed by atoms with E-state index in [1.807, 2.05) is 0 Å². The van der Waals surface area contributed by atoms with Gasteiger partial charge in [0.25, 0.3) is 17.7 Å². The van der Waals surface area contributed by atoms with Crippen LogP contribution < -0.4 is 5.43 Å². The van der Waals surface area contributed by atoms with Gasteiger partial charge in [0.2, 0.25) is 0 Å². The molecule has 0 unspecified atom stereocenters. The predicted molar refractivity (Wildman–Crippen MR) is 80.8 cm³/mol. The molecule has 1 saturated carbocycles. The summed E-state index contributed by atoms with van der Waals surface area (Å²) in [5.41, 5.74) is 2.66. The van der Waals surface area contributed by atoms with Crippen molar-refractivity contribution in [2.24, 2.45) is 17.8 Å². The van der Waals surface area contributed by atoms with Gasteiger partial charge in [-0.2, -0.15) is 5.01 Å². The summed E-state index contributed by atoms with van der Waals surface area (Å²) in [7, 11) is 0. The first-order valence-corrected chi connectivity index (χ1v) is 7.80. The Morgan fingerprint density at radius 1 is 1.18 bits per heavy atom. The minimum Gasteiger partial charge on any atom is -0.272 e. The standard InChI is InChI=1S/C16H17ClN2O3/c1-9-6-7-10-12(8-9)16(22)19(15(10)21)18-14(20)11-4-2-3-5-13(11)17/h2-5,9-10,12H,6-8H2,1H3,(H,18,20)/t9-,10-,12+/m0/s1. The van der Waals surface area contributed by atoms with Crippen LogP contribution in [0, 0.1) is 17.8 Å². The van der Waals surface area contributed by atoms with Crippen molar-refractivity contribution in [1.29, 1.82) is 0 Å². The number of carbonyl (C=O) groups is 3. The van der Waals surface area contributed by atoms with Gasteiger partial charge in [-0.3, -0.25) is 19.8 Å². The summed E-state index contributed by atoms with van der Waals surface area (Å²) in [6.07, 6.45) is 2.34. The quantitative estimate of drug-likeness (QED) is 0.851. The number of fused-ring (bicyclic) bond motifs is 1. The lowest BCUT2D eigenvalue weighted by atomic mass is 9.76. The van der Waals surface area contributed by atoms with Crippen LogP contribution in [0.25, 0.3) is 0 Å². The Hall–Kier alpha value is -1.88. The van der Waals surface area contributed by atoms with Gasteiger partial charge in [-0.15, -0.1) is 0 Å². The summed E-state index contributed by atoms with van der Waals surface area (Å²) in [6.45, 7) is 2.08. The molecule has 2 fully saturated rings.